The van der Waals surface area contributed by atoms with Gasteiger partial charge in [-0.15, -0.1) is 0 Å². The Balaban J connectivity index is 1.36. The number of hydrogen-bond donors (Lipinski definition) is 0. The lowest BCUT2D eigenvalue weighted by Gasteiger charge is -2.26. The highest BCUT2D eigenvalue weighted by atomic mass is 19.2. The number of unbranched alkanes of at least 4 members (excludes halogenated alkanes) is 4. The third-order valence-electron chi connectivity index (χ3n) is 7.17. The van der Waals surface area contributed by atoms with Gasteiger partial charge in [-0.3, -0.25) is 0 Å². The Morgan fingerprint density at radius 2 is 1.49 bits per heavy atom. The van der Waals surface area contributed by atoms with Crippen LogP contribution in [0.15, 0.2) is 42.5 Å². The molecule has 184 valence electrons. The summed E-state index contributed by atoms with van der Waals surface area (Å²) in [7, 11) is 0. The zero-order valence-corrected chi connectivity index (χ0v) is 20.3. The lowest BCUT2D eigenvalue weighted by Crippen LogP contribution is -2.15. The maximum Gasteiger partial charge on any atom is 0.166 e. The molecule has 3 aromatic carbocycles. The standard InChI is InChI=1S/C31H32F4/c1-2-3-4-5-6-7-23-19-28(33)30(29(34)20-23)24-13-10-21(11-14-24)8-9-22-12-16-26-25(18-22)15-17-27(32)31(26)35/h12,15-21,24H,2-7,10-11,13-14H2,1H3. The average molecular weight is 481 g/mol. The summed E-state index contributed by atoms with van der Waals surface area (Å²) in [6.45, 7) is 2.17. The van der Waals surface area contributed by atoms with Crippen LogP contribution in [0.25, 0.3) is 10.8 Å². The van der Waals surface area contributed by atoms with E-state index in [2.05, 4.69) is 18.8 Å². The van der Waals surface area contributed by atoms with E-state index < -0.39 is 23.3 Å². The Hall–Kier alpha value is -2.80. The fourth-order valence-electron chi connectivity index (χ4n) is 5.16. The highest BCUT2D eigenvalue weighted by Crippen LogP contribution is 2.38. The number of benzene rings is 3. The topological polar surface area (TPSA) is 0 Å². The minimum absolute atomic E-state index is 0.120. The molecule has 3 aromatic rings. The Morgan fingerprint density at radius 1 is 0.771 bits per heavy atom. The quantitative estimate of drug-likeness (QED) is 0.180. The van der Waals surface area contributed by atoms with Crippen LogP contribution in [0.5, 0.6) is 0 Å². The van der Waals surface area contributed by atoms with E-state index in [0.717, 1.165) is 49.3 Å². The normalized spacial score (nSPS) is 17.9. The Labute approximate surface area is 205 Å². The summed E-state index contributed by atoms with van der Waals surface area (Å²) in [5.41, 5.74) is 1.72. The van der Waals surface area contributed by atoms with Crippen molar-refractivity contribution in [1.29, 1.82) is 0 Å². The van der Waals surface area contributed by atoms with Crippen LogP contribution in [0.1, 0.15) is 87.3 Å². The molecule has 1 fully saturated rings. The number of rotatable bonds is 7. The molecule has 0 aromatic heterocycles. The molecule has 0 aliphatic heterocycles. The maximum atomic E-state index is 14.9. The molecule has 0 heterocycles. The highest BCUT2D eigenvalue weighted by Gasteiger charge is 2.26. The SMILES string of the molecule is CCCCCCCc1cc(F)c(C2CCC(C#Cc3ccc4c(F)c(F)ccc4c3)CC2)c(F)c1. The fraction of sp³-hybridized carbons (Fsp3) is 0.419. The molecule has 0 nitrogen and oxygen atoms in total. The Kier molecular flexibility index (Phi) is 8.50. The van der Waals surface area contributed by atoms with Crippen LogP contribution in [0.2, 0.25) is 0 Å². The third-order valence-corrected chi connectivity index (χ3v) is 7.17. The van der Waals surface area contributed by atoms with Gasteiger partial charge in [-0.2, -0.15) is 0 Å². The molecule has 35 heavy (non-hydrogen) atoms. The molecule has 1 aliphatic rings. The van der Waals surface area contributed by atoms with Crippen molar-refractivity contribution in [2.75, 3.05) is 0 Å². The van der Waals surface area contributed by atoms with Crippen molar-refractivity contribution >= 4 is 10.8 Å². The van der Waals surface area contributed by atoms with E-state index in [1.54, 1.807) is 24.3 Å². The lowest BCUT2D eigenvalue weighted by atomic mass is 9.78. The Morgan fingerprint density at radius 3 is 2.20 bits per heavy atom. The first kappa shape index (κ1) is 25.3. The molecule has 0 bridgehead atoms. The second kappa shape index (κ2) is 11.8. The van der Waals surface area contributed by atoms with Crippen molar-refractivity contribution in [3.8, 4) is 11.8 Å². The van der Waals surface area contributed by atoms with Crippen molar-refractivity contribution in [2.24, 2.45) is 5.92 Å². The zero-order valence-electron chi connectivity index (χ0n) is 20.3. The van der Waals surface area contributed by atoms with Crippen molar-refractivity contribution in [1.82, 2.24) is 0 Å². The van der Waals surface area contributed by atoms with Gasteiger partial charge in [0.2, 0.25) is 0 Å². The molecular formula is C31H32F4. The fourth-order valence-corrected chi connectivity index (χ4v) is 5.16. The lowest BCUT2D eigenvalue weighted by molar-refractivity contribution is 0.366. The molecule has 0 unspecified atom stereocenters. The second-order valence-corrected chi connectivity index (χ2v) is 9.75. The molecule has 0 amide bonds. The van der Waals surface area contributed by atoms with E-state index in [-0.39, 0.29) is 22.8 Å². The van der Waals surface area contributed by atoms with Gasteiger partial charge in [0.25, 0.3) is 0 Å². The summed E-state index contributed by atoms with van der Waals surface area (Å²) in [5.74, 6) is 3.91. The molecule has 0 atom stereocenters. The van der Waals surface area contributed by atoms with E-state index in [1.807, 2.05) is 0 Å². The highest BCUT2D eigenvalue weighted by molar-refractivity contribution is 5.84. The molecule has 0 radical (unpaired) electrons. The first-order valence-corrected chi connectivity index (χ1v) is 12.8. The molecule has 0 N–H and O–H groups in total. The monoisotopic (exact) mass is 480 g/mol. The predicted octanol–water partition coefficient (Wildman–Crippen LogP) is 9.23. The van der Waals surface area contributed by atoms with Crippen LogP contribution in [-0.4, -0.2) is 0 Å². The number of hydrogen-bond acceptors (Lipinski definition) is 0. The molecule has 4 heteroatoms. The summed E-state index contributed by atoms with van der Waals surface area (Å²) in [4.78, 5) is 0. The molecule has 0 spiro atoms. The van der Waals surface area contributed by atoms with Crippen LogP contribution in [-0.2, 0) is 6.42 Å². The van der Waals surface area contributed by atoms with E-state index in [4.69, 9.17) is 0 Å². The van der Waals surface area contributed by atoms with Crippen molar-refractivity contribution in [3.05, 3.63) is 82.4 Å². The summed E-state index contributed by atoms with van der Waals surface area (Å²) in [6, 6.07) is 10.7. The van der Waals surface area contributed by atoms with Crippen LogP contribution in [0.4, 0.5) is 17.6 Å². The summed E-state index contributed by atoms with van der Waals surface area (Å²) >= 11 is 0. The smallest absolute Gasteiger partial charge is 0.166 e. The van der Waals surface area contributed by atoms with Crippen molar-refractivity contribution in [2.45, 2.75) is 77.0 Å². The van der Waals surface area contributed by atoms with E-state index in [9.17, 15) is 17.6 Å². The summed E-state index contributed by atoms with van der Waals surface area (Å²) in [6.07, 6.45) is 9.30. The minimum atomic E-state index is -0.863. The van der Waals surface area contributed by atoms with Crippen LogP contribution >= 0.6 is 0 Å². The molecule has 1 saturated carbocycles. The largest absolute Gasteiger partial charge is 0.207 e. The number of halogens is 4. The molecule has 1 aliphatic carbocycles. The van der Waals surface area contributed by atoms with Gasteiger partial charge in [-0.1, -0.05) is 56.6 Å². The van der Waals surface area contributed by atoms with Crippen LogP contribution in [0, 0.1) is 41.0 Å². The first-order chi connectivity index (χ1) is 17.0. The van der Waals surface area contributed by atoms with Gasteiger partial charge in [0.05, 0.1) is 0 Å². The van der Waals surface area contributed by atoms with Gasteiger partial charge in [0.15, 0.2) is 11.6 Å². The van der Waals surface area contributed by atoms with Crippen molar-refractivity contribution in [3.63, 3.8) is 0 Å². The van der Waals surface area contributed by atoms with E-state index >= 15 is 0 Å². The predicted molar refractivity (Wildman–Crippen MR) is 134 cm³/mol. The minimum Gasteiger partial charge on any atom is -0.207 e. The van der Waals surface area contributed by atoms with Gasteiger partial charge >= 0.3 is 0 Å². The van der Waals surface area contributed by atoms with Crippen molar-refractivity contribution < 1.29 is 17.6 Å². The second-order valence-electron chi connectivity index (χ2n) is 9.75. The summed E-state index contributed by atoms with van der Waals surface area (Å²) in [5, 5.41) is 0.845. The third kappa shape index (κ3) is 6.26. The average Bonchev–Trinajstić information content (AvgIpc) is 2.85. The molecular weight excluding hydrogens is 448 g/mol. The summed E-state index contributed by atoms with van der Waals surface area (Å²) < 4.78 is 57.0. The van der Waals surface area contributed by atoms with Gasteiger partial charge in [-0.05, 0) is 85.7 Å². The first-order valence-electron chi connectivity index (χ1n) is 12.8. The molecule has 0 saturated heterocycles. The Bertz CT molecular complexity index is 1200. The van der Waals surface area contributed by atoms with Gasteiger partial charge in [0, 0.05) is 22.4 Å². The maximum absolute atomic E-state index is 14.9. The van der Waals surface area contributed by atoms with Gasteiger partial charge in [0.1, 0.15) is 11.6 Å². The number of aryl methyl sites for hydroxylation is 1. The molecule has 4 rings (SSSR count). The zero-order chi connectivity index (χ0) is 24.8. The number of fused-ring (bicyclic) bond motifs is 1. The van der Waals surface area contributed by atoms with Gasteiger partial charge in [-0.25, -0.2) is 17.6 Å². The van der Waals surface area contributed by atoms with Crippen LogP contribution < -0.4 is 0 Å². The van der Waals surface area contributed by atoms with Gasteiger partial charge < -0.3 is 0 Å². The van der Waals surface area contributed by atoms with E-state index in [0.29, 0.717) is 18.2 Å². The van der Waals surface area contributed by atoms with E-state index in [1.165, 1.54) is 31.4 Å². The van der Waals surface area contributed by atoms with Crippen LogP contribution in [0.3, 0.4) is 0 Å².